The number of nitrogens with zero attached hydrogens (tertiary/aromatic N) is 1. The van der Waals surface area contributed by atoms with Crippen molar-refractivity contribution < 1.29 is 19.1 Å². The minimum atomic E-state index is -1.29. The minimum absolute atomic E-state index is 0.284. The second-order valence-electron chi connectivity index (χ2n) is 7.18. The Bertz CT molecular complexity index is 968. The van der Waals surface area contributed by atoms with E-state index in [2.05, 4.69) is 0 Å². The molecule has 6 nitrogen and oxygen atoms in total. The highest BCUT2D eigenvalue weighted by molar-refractivity contribution is 6.05. The lowest BCUT2D eigenvalue weighted by Gasteiger charge is -2.39. The lowest BCUT2D eigenvalue weighted by Crippen LogP contribution is -2.54. The van der Waals surface area contributed by atoms with Crippen LogP contribution in [0.1, 0.15) is 45.2 Å². The monoisotopic (exact) mass is 364 g/mol. The van der Waals surface area contributed by atoms with Gasteiger partial charge in [-0.3, -0.25) is 9.59 Å². The fourth-order valence-corrected chi connectivity index (χ4v) is 4.00. The predicted octanol–water partition coefficient (Wildman–Crippen LogP) is 2.24. The van der Waals surface area contributed by atoms with Crippen LogP contribution in [0.25, 0.3) is 0 Å². The van der Waals surface area contributed by atoms with Crippen LogP contribution in [0, 0.1) is 0 Å². The van der Waals surface area contributed by atoms with Gasteiger partial charge in [-0.25, -0.2) is 4.79 Å². The van der Waals surface area contributed by atoms with Crippen molar-refractivity contribution in [3.05, 3.63) is 64.7 Å². The third-order valence-electron chi connectivity index (χ3n) is 5.30. The molecule has 0 saturated carbocycles. The summed E-state index contributed by atoms with van der Waals surface area (Å²) >= 11 is 0. The Morgan fingerprint density at radius 3 is 2.70 bits per heavy atom. The maximum Gasteiger partial charge on any atom is 0.339 e. The van der Waals surface area contributed by atoms with Gasteiger partial charge in [0.05, 0.1) is 5.56 Å². The van der Waals surface area contributed by atoms with E-state index in [1.165, 1.54) is 0 Å². The van der Waals surface area contributed by atoms with E-state index >= 15 is 0 Å². The number of anilines is 1. The van der Waals surface area contributed by atoms with Gasteiger partial charge in [0.25, 0.3) is 5.91 Å². The van der Waals surface area contributed by atoms with Crippen molar-refractivity contribution in [1.82, 2.24) is 0 Å². The molecule has 0 spiro atoms. The lowest BCUT2D eigenvalue weighted by atomic mass is 9.87. The number of fused-ring (bicyclic) bond motifs is 2. The van der Waals surface area contributed by atoms with Crippen LogP contribution in [0.4, 0.5) is 5.69 Å². The van der Waals surface area contributed by atoms with Crippen LogP contribution in [0.15, 0.2) is 42.5 Å². The minimum Gasteiger partial charge on any atom is -0.445 e. The summed E-state index contributed by atoms with van der Waals surface area (Å²) < 4.78 is 5.59. The molecule has 2 aromatic rings. The van der Waals surface area contributed by atoms with Crippen molar-refractivity contribution in [2.75, 3.05) is 11.4 Å². The molecule has 0 bridgehead atoms. The number of cyclic esters (lactones) is 1. The van der Waals surface area contributed by atoms with Gasteiger partial charge in [0.2, 0.25) is 5.91 Å². The molecule has 2 amide bonds. The Kier molecular flexibility index (Phi) is 3.98. The van der Waals surface area contributed by atoms with Crippen LogP contribution in [0.3, 0.4) is 0 Å². The molecule has 0 fully saturated rings. The Balaban J connectivity index is 1.72. The van der Waals surface area contributed by atoms with Gasteiger partial charge in [-0.15, -0.1) is 0 Å². The molecule has 2 aliphatic rings. The van der Waals surface area contributed by atoms with E-state index in [1.807, 2.05) is 12.1 Å². The van der Waals surface area contributed by atoms with Crippen LogP contribution in [-0.2, 0) is 22.4 Å². The standard InChI is InChI=1S/C21H20N2O4/c1-21(12-13-6-2-3-7-14(13)19(25)27-21)20(26)23-11-5-9-15-16(18(22)24)8-4-10-17(15)23/h2-4,6-8,10H,5,9,11-12H2,1H3,(H2,22,24). The number of amides is 2. The number of primary amides is 1. The van der Waals surface area contributed by atoms with E-state index in [-0.39, 0.29) is 5.91 Å². The van der Waals surface area contributed by atoms with Crippen molar-refractivity contribution in [3.8, 4) is 0 Å². The van der Waals surface area contributed by atoms with Gasteiger partial charge < -0.3 is 15.4 Å². The first kappa shape index (κ1) is 17.3. The van der Waals surface area contributed by atoms with Gasteiger partial charge in [-0.05, 0) is 49.1 Å². The number of carbonyl (C=O) groups excluding carboxylic acids is 3. The molecule has 0 saturated heterocycles. The molecular weight excluding hydrogens is 344 g/mol. The number of nitrogens with two attached hydrogens (primary N) is 1. The van der Waals surface area contributed by atoms with E-state index in [4.69, 9.17) is 10.5 Å². The van der Waals surface area contributed by atoms with Crippen molar-refractivity contribution >= 4 is 23.5 Å². The van der Waals surface area contributed by atoms with E-state index in [0.717, 1.165) is 11.1 Å². The summed E-state index contributed by atoms with van der Waals surface area (Å²) in [5.74, 6) is -1.28. The maximum atomic E-state index is 13.4. The SMILES string of the molecule is CC1(C(=O)N2CCCc3c(C(N)=O)cccc32)Cc2ccccc2C(=O)O1. The number of benzene rings is 2. The highest BCUT2D eigenvalue weighted by atomic mass is 16.6. The molecule has 0 aromatic heterocycles. The highest BCUT2D eigenvalue weighted by Crippen LogP contribution is 2.35. The van der Waals surface area contributed by atoms with Crippen LogP contribution in [-0.4, -0.2) is 29.9 Å². The third kappa shape index (κ3) is 2.77. The molecule has 1 atom stereocenters. The molecule has 6 heteroatoms. The Morgan fingerprint density at radius 2 is 1.93 bits per heavy atom. The van der Waals surface area contributed by atoms with Gasteiger partial charge in [0, 0.05) is 24.2 Å². The van der Waals surface area contributed by atoms with Crippen molar-refractivity contribution in [2.24, 2.45) is 5.73 Å². The summed E-state index contributed by atoms with van der Waals surface area (Å²) in [6, 6.07) is 12.4. The van der Waals surface area contributed by atoms with Gasteiger partial charge in [-0.2, -0.15) is 0 Å². The zero-order valence-electron chi connectivity index (χ0n) is 15.0. The van der Waals surface area contributed by atoms with E-state index in [9.17, 15) is 14.4 Å². The van der Waals surface area contributed by atoms with Crippen molar-refractivity contribution in [2.45, 2.75) is 31.8 Å². The molecular formula is C21H20N2O4. The van der Waals surface area contributed by atoms with Gasteiger partial charge in [0.15, 0.2) is 5.60 Å². The molecule has 1 unspecified atom stereocenters. The molecule has 2 aliphatic heterocycles. The van der Waals surface area contributed by atoms with Gasteiger partial charge >= 0.3 is 5.97 Å². The first-order valence-electron chi connectivity index (χ1n) is 8.95. The topological polar surface area (TPSA) is 89.7 Å². The number of hydrogen-bond acceptors (Lipinski definition) is 4. The van der Waals surface area contributed by atoms with E-state index in [0.29, 0.717) is 42.6 Å². The largest absolute Gasteiger partial charge is 0.445 e. The lowest BCUT2D eigenvalue weighted by molar-refractivity contribution is -0.137. The fraction of sp³-hybridized carbons (Fsp3) is 0.286. The predicted molar refractivity (Wildman–Crippen MR) is 99.6 cm³/mol. The number of rotatable bonds is 2. The summed E-state index contributed by atoms with van der Waals surface area (Å²) in [5, 5.41) is 0. The Labute approximate surface area is 156 Å². The van der Waals surface area contributed by atoms with E-state index < -0.39 is 17.5 Å². The molecule has 138 valence electrons. The molecule has 0 aliphatic carbocycles. The van der Waals surface area contributed by atoms with Crippen LogP contribution in [0.5, 0.6) is 0 Å². The molecule has 2 heterocycles. The molecule has 0 radical (unpaired) electrons. The Morgan fingerprint density at radius 1 is 1.15 bits per heavy atom. The summed E-state index contributed by atoms with van der Waals surface area (Å²) in [6.45, 7) is 2.15. The third-order valence-corrected chi connectivity index (χ3v) is 5.30. The fourth-order valence-electron chi connectivity index (χ4n) is 4.00. The number of ether oxygens (including phenoxy) is 1. The number of esters is 1. The van der Waals surface area contributed by atoms with E-state index in [1.54, 1.807) is 42.2 Å². The maximum absolute atomic E-state index is 13.4. The second-order valence-corrected chi connectivity index (χ2v) is 7.18. The second kappa shape index (κ2) is 6.23. The molecule has 2 aromatic carbocycles. The van der Waals surface area contributed by atoms with Crippen LogP contribution in [0.2, 0.25) is 0 Å². The van der Waals surface area contributed by atoms with Gasteiger partial charge in [-0.1, -0.05) is 24.3 Å². The zero-order valence-corrected chi connectivity index (χ0v) is 15.0. The Hall–Kier alpha value is -3.15. The normalized spacial score (nSPS) is 21.1. The quantitative estimate of drug-likeness (QED) is 0.828. The van der Waals surface area contributed by atoms with Crippen molar-refractivity contribution in [1.29, 1.82) is 0 Å². The average Bonchev–Trinajstić information content (AvgIpc) is 2.66. The molecule has 4 rings (SSSR count). The van der Waals surface area contributed by atoms with Crippen LogP contribution < -0.4 is 10.6 Å². The molecule has 2 N–H and O–H groups in total. The number of carbonyl (C=O) groups is 3. The van der Waals surface area contributed by atoms with Crippen molar-refractivity contribution in [3.63, 3.8) is 0 Å². The zero-order chi connectivity index (χ0) is 19.2. The first-order chi connectivity index (χ1) is 12.9. The summed E-state index contributed by atoms with van der Waals surface area (Å²) in [5.41, 5.74) is 7.37. The summed E-state index contributed by atoms with van der Waals surface area (Å²) in [6.07, 6.45) is 1.70. The van der Waals surface area contributed by atoms with Crippen LogP contribution >= 0.6 is 0 Å². The van der Waals surface area contributed by atoms with Gasteiger partial charge in [0.1, 0.15) is 0 Å². The first-order valence-corrected chi connectivity index (χ1v) is 8.95. The average molecular weight is 364 g/mol. The summed E-state index contributed by atoms with van der Waals surface area (Å²) in [4.78, 5) is 39.2. The molecule has 27 heavy (non-hydrogen) atoms. The number of hydrogen-bond donors (Lipinski definition) is 1. The smallest absolute Gasteiger partial charge is 0.339 e. The summed E-state index contributed by atoms with van der Waals surface area (Å²) in [7, 11) is 0. The highest BCUT2D eigenvalue weighted by Gasteiger charge is 2.46.